The largest absolute Gasteiger partial charge is 0.460 e. The van der Waals surface area contributed by atoms with Gasteiger partial charge >= 0.3 is 5.97 Å². The van der Waals surface area contributed by atoms with Crippen LogP contribution in [0.4, 0.5) is 5.69 Å². The molecule has 2 N–H and O–H groups in total. The molecular formula is C19H26N2O4. The van der Waals surface area contributed by atoms with Gasteiger partial charge in [-0.05, 0) is 57.7 Å². The highest BCUT2D eigenvalue weighted by Gasteiger charge is 2.26. The summed E-state index contributed by atoms with van der Waals surface area (Å²) >= 11 is 0. The summed E-state index contributed by atoms with van der Waals surface area (Å²) in [4.78, 5) is 36.8. The Morgan fingerprint density at radius 2 is 2.08 bits per heavy atom. The second kappa shape index (κ2) is 7.68. The molecule has 0 unspecified atom stereocenters. The zero-order valence-electron chi connectivity index (χ0n) is 15.1. The van der Waals surface area contributed by atoms with E-state index >= 15 is 0 Å². The molecule has 1 aliphatic rings. The highest BCUT2D eigenvalue weighted by molar-refractivity contribution is 5.96. The number of hydrogen-bond acceptors (Lipinski definition) is 5. The van der Waals surface area contributed by atoms with Crippen LogP contribution in [0.3, 0.4) is 0 Å². The van der Waals surface area contributed by atoms with Crippen LogP contribution in [-0.2, 0) is 9.53 Å². The zero-order valence-corrected chi connectivity index (χ0v) is 15.1. The fraction of sp³-hybridized carbons (Fsp3) is 0.526. The van der Waals surface area contributed by atoms with Crippen LogP contribution in [-0.4, -0.2) is 36.9 Å². The van der Waals surface area contributed by atoms with Crippen LogP contribution in [0.2, 0.25) is 0 Å². The number of amides is 1. The van der Waals surface area contributed by atoms with E-state index in [0.29, 0.717) is 24.1 Å². The van der Waals surface area contributed by atoms with E-state index in [4.69, 9.17) is 10.5 Å². The summed E-state index contributed by atoms with van der Waals surface area (Å²) in [6.07, 6.45) is 2.98. The lowest BCUT2D eigenvalue weighted by Gasteiger charge is -2.35. The quantitative estimate of drug-likeness (QED) is 0.654. The van der Waals surface area contributed by atoms with Crippen LogP contribution in [0.5, 0.6) is 0 Å². The number of rotatable bonds is 5. The summed E-state index contributed by atoms with van der Waals surface area (Å²) in [5.74, 6) is -0.575. The van der Waals surface area contributed by atoms with Crippen molar-refractivity contribution in [2.75, 3.05) is 18.0 Å². The molecule has 0 bridgehead atoms. The number of benzene rings is 1. The average Bonchev–Trinajstić information content (AvgIpc) is 2.52. The molecule has 6 heteroatoms. The number of carbonyl (C=O) groups is 3. The molecule has 1 aromatic carbocycles. The predicted molar refractivity (Wildman–Crippen MR) is 95.7 cm³/mol. The summed E-state index contributed by atoms with van der Waals surface area (Å²) in [6, 6.07) is 4.89. The second-order valence-corrected chi connectivity index (χ2v) is 7.50. The van der Waals surface area contributed by atoms with Crippen LogP contribution in [0, 0.1) is 5.92 Å². The Balaban J connectivity index is 2.09. The number of hydrogen-bond donors (Lipinski definition) is 1. The summed E-state index contributed by atoms with van der Waals surface area (Å²) in [5, 5.41) is 0. The molecule has 1 amide bonds. The lowest BCUT2D eigenvalue weighted by Crippen LogP contribution is -2.37. The van der Waals surface area contributed by atoms with Gasteiger partial charge in [0.2, 0.25) is 5.91 Å². The first-order valence-electron chi connectivity index (χ1n) is 8.55. The third kappa shape index (κ3) is 5.31. The zero-order chi connectivity index (χ0) is 18.6. The van der Waals surface area contributed by atoms with E-state index < -0.39 is 11.5 Å². The number of nitrogens with zero attached hydrogens (tertiary/aromatic N) is 1. The molecule has 136 valence electrons. The van der Waals surface area contributed by atoms with Crippen molar-refractivity contribution in [3.8, 4) is 0 Å². The van der Waals surface area contributed by atoms with E-state index in [-0.39, 0.29) is 11.9 Å². The molecule has 1 fully saturated rings. The van der Waals surface area contributed by atoms with Gasteiger partial charge < -0.3 is 15.4 Å². The molecule has 0 aromatic heterocycles. The molecule has 1 atom stereocenters. The number of anilines is 1. The number of nitrogens with two attached hydrogens (primary N) is 1. The first-order valence-corrected chi connectivity index (χ1v) is 8.55. The molecule has 0 saturated carbocycles. The van der Waals surface area contributed by atoms with Gasteiger partial charge in [-0.1, -0.05) is 0 Å². The van der Waals surface area contributed by atoms with Gasteiger partial charge in [0.05, 0.1) is 6.42 Å². The highest BCUT2D eigenvalue weighted by Crippen LogP contribution is 2.28. The Hall–Kier alpha value is -2.37. The maximum Gasteiger partial charge on any atom is 0.306 e. The number of esters is 1. The third-order valence-electron chi connectivity index (χ3n) is 4.17. The first kappa shape index (κ1) is 19.0. The molecule has 1 aliphatic heterocycles. The minimum Gasteiger partial charge on any atom is -0.460 e. The van der Waals surface area contributed by atoms with Gasteiger partial charge in [-0.25, -0.2) is 0 Å². The summed E-state index contributed by atoms with van der Waals surface area (Å²) in [7, 11) is 0. The Labute approximate surface area is 148 Å². The Kier molecular flexibility index (Phi) is 5.82. The molecular weight excluding hydrogens is 320 g/mol. The Morgan fingerprint density at radius 1 is 1.36 bits per heavy atom. The van der Waals surface area contributed by atoms with Crippen molar-refractivity contribution < 1.29 is 19.1 Å². The first-order chi connectivity index (χ1) is 11.7. The second-order valence-electron chi connectivity index (χ2n) is 7.50. The van der Waals surface area contributed by atoms with Gasteiger partial charge in [0.25, 0.3) is 0 Å². The van der Waals surface area contributed by atoms with Gasteiger partial charge in [-0.15, -0.1) is 0 Å². The standard InChI is InChI=1S/C19H26N2O4/c1-19(2,3)25-17(23)9-13-5-4-8-21(11-13)16-7-6-14(18(20)24)10-15(16)12-22/h6-7,10,12-13H,4-5,8-9,11H2,1-3H3,(H2,20,24)/t13-/m0/s1. The van der Waals surface area contributed by atoms with Crippen LogP contribution in [0.25, 0.3) is 0 Å². The van der Waals surface area contributed by atoms with Crippen molar-refractivity contribution in [2.24, 2.45) is 11.7 Å². The van der Waals surface area contributed by atoms with Crippen LogP contribution in [0.15, 0.2) is 18.2 Å². The average molecular weight is 346 g/mol. The summed E-state index contributed by atoms with van der Waals surface area (Å²) in [5.41, 5.74) is 6.31. The number of carbonyl (C=O) groups excluding carboxylic acids is 3. The molecule has 0 radical (unpaired) electrons. The highest BCUT2D eigenvalue weighted by atomic mass is 16.6. The fourth-order valence-electron chi connectivity index (χ4n) is 3.16. The summed E-state index contributed by atoms with van der Waals surface area (Å²) in [6.45, 7) is 7.05. The molecule has 1 heterocycles. The number of primary amides is 1. The molecule has 1 saturated heterocycles. The minimum absolute atomic E-state index is 0.180. The molecule has 25 heavy (non-hydrogen) atoms. The lowest BCUT2D eigenvalue weighted by atomic mass is 9.93. The minimum atomic E-state index is -0.559. The third-order valence-corrected chi connectivity index (χ3v) is 4.17. The molecule has 6 nitrogen and oxygen atoms in total. The maximum absolute atomic E-state index is 12.1. The van der Waals surface area contributed by atoms with Crippen LogP contribution >= 0.6 is 0 Å². The van der Waals surface area contributed by atoms with Gasteiger partial charge in [0.15, 0.2) is 6.29 Å². The smallest absolute Gasteiger partial charge is 0.306 e. The van der Waals surface area contributed by atoms with E-state index in [1.807, 2.05) is 20.8 Å². The molecule has 0 aliphatic carbocycles. The van der Waals surface area contributed by atoms with E-state index in [9.17, 15) is 14.4 Å². The number of ether oxygens (including phenoxy) is 1. The lowest BCUT2D eigenvalue weighted by molar-refractivity contribution is -0.156. The molecule has 0 spiro atoms. The fourth-order valence-corrected chi connectivity index (χ4v) is 3.16. The summed E-state index contributed by atoms with van der Waals surface area (Å²) < 4.78 is 5.40. The monoisotopic (exact) mass is 346 g/mol. The van der Waals surface area contributed by atoms with Crippen molar-refractivity contribution in [1.82, 2.24) is 0 Å². The van der Waals surface area contributed by atoms with Gasteiger partial charge in [0.1, 0.15) is 5.60 Å². The molecule has 1 aromatic rings. The topological polar surface area (TPSA) is 89.7 Å². The van der Waals surface area contributed by atoms with E-state index in [2.05, 4.69) is 4.90 Å². The van der Waals surface area contributed by atoms with E-state index in [1.54, 1.807) is 12.1 Å². The Bertz CT molecular complexity index is 664. The van der Waals surface area contributed by atoms with Gasteiger partial charge in [0, 0.05) is 29.9 Å². The van der Waals surface area contributed by atoms with Crippen molar-refractivity contribution in [3.63, 3.8) is 0 Å². The normalized spacial score (nSPS) is 17.9. The van der Waals surface area contributed by atoms with Crippen molar-refractivity contribution in [1.29, 1.82) is 0 Å². The van der Waals surface area contributed by atoms with Crippen molar-refractivity contribution >= 4 is 23.9 Å². The van der Waals surface area contributed by atoms with E-state index in [1.165, 1.54) is 6.07 Å². The van der Waals surface area contributed by atoms with Gasteiger partial charge in [-0.2, -0.15) is 0 Å². The predicted octanol–water partition coefficient (Wildman–Crippen LogP) is 2.55. The van der Waals surface area contributed by atoms with Crippen LogP contribution in [0.1, 0.15) is 60.7 Å². The van der Waals surface area contributed by atoms with Crippen LogP contribution < -0.4 is 10.6 Å². The number of aldehydes is 1. The Morgan fingerprint density at radius 3 is 2.68 bits per heavy atom. The SMILES string of the molecule is CC(C)(C)OC(=O)C[C@@H]1CCCN(c2ccc(C(N)=O)cc2C=O)C1. The van der Waals surface area contributed by atoms with Gasteiger partial charge in [-0.3, -0.25) is 14.4 Å². The van der Waals surface area contributed by atoms with Crippen molar-refractivity contribution in [2.45, 2.75) is 45.6 Å². The number of piperidine rings is 1. The van der Waals surface area contributed by atoms with Crippen molar-refractivity contribution in [3.05, 3.63) is 29.3 Å². The maximum atomic E-state index is 12.1. The molecule has 2 rings (SSSR count). The van der Waals surface area contributed by atoms with E-state index in [0.717, 1.165) is 31.4 Å².